The van der Waals surface area contributed by atoms with Gasteiger partial charge in [-0.1, -0.05) is 18.2 Å². The first-order chi connectivity index (χ1) is 7.47. The lowest BCUT2D eigenvalue weighted by molar-refractivity contribution is 0.606. The highest BCUT2D eigenvalue weighted by molar-refractivity contribution is 8.13. The second-order valence-electron chi connectivity index (χ2n) is 3.34. The van der Waals surface area contributed by atoms with Crippen LogP contribution in [0.2, 0.25) is 5.22 Å². The Kier molecular flexibility index (Phi) is 3.15. The minimum atomic E-state index is -3.51. The number of para-hydroxylation sites is 1. The number of benzene rings is 1. The van der Waals surface area contributed by atoms with E-state index in [9.17, 15) is 8.42 Å². The number of halogens is 2. The molecule has 0 bridgehead atoms. The maximum atomic E-state index is 10.9. The quantitative estimate of drug-likeness (QED) is 0.810. The van der Waals surface area contributed by atoms with Crippen molar-refractivity contribution in [2.24, 2.45) is 0 Å². The third kappa shape index (κ3) is 2.51. The van der Waals surface area contributed by atoms with E-state index in [1.165, 1.54) is 0 Å². The van der Waals surface area contributed by atoms with Crippen LogP contribution in [-0.2, 0) is 15.5 Å². The normalized spacial score (nSPS) is 12.1. The van der Waals surface area contributed by atoms with Crippen molar-refractivity contribution in [1.29, 1.82) is 0 Å². The molecule has 0 saturated carbocycles. The molecule has 16 heavy (non-hydrogen) atoms. The highest BCUT2D eigenvalue weighted by Gasteiger charge is 2.14. The van der Waals surface area contributed by atoms with Crippen LogP contribution in [0, 0.1) is 0 Å². The Morgan fingerprint density at radius 1 is 1.25 bits per heavy atom. The first-order valence-electron chi connectivity index (χ1n) is 4.55. The summed E-state index contributed by atoms with van der Waals surface area (Å²) in [5, 5.41) is 1.05. The van der Waals surface area contributed by atoms with E-state index < -0.39 is 9.05 Å². The summed E-state index contributed by atoms with van der Waals surface area (Å²) in [4.78, 5) is 0. The van der Waals surface area contributed by atoms with E-state index in [2.05, 4.69) is 0 Å². The van der Waals surface area contributed by atoms with Crippen molar-refractivity contribution in [3.63, 3.8) is 0 Å². The van der Waals surface area contributed by atoms with Crippen LogP contribution in [0.1, 0.15) is 5.56 Å². The number of fused-ring (bicyclic) bond motifs is 1. The molecule has 3 nitrogen and oxygen atoms in total. The average molecular weight is 279 g/mol. The highest BCUT2D eigenvalue weighted by Crippen LogP contribution is 2.30. The topological polar surface area (TPSA) is 47.3 Å². The van der Waals surface area contributed by atoms with E-state index in [4.69, 9.17) is 26.7 Å². The largest absolute Gasteiger partial charge is 0.444 e. The Bertz CT molecular complexity index is 616. The van der Waals surface area contributed by atoms with Gasteiger partial charge >= 0.3 is 0 Å². The van der Waals surface area contributed by atoms with Gasteiger partial charge in [-0.25, -0.2) is 8.42 Å². The van der Waals surface area contributed by atoms with E-state index in [0.29, 0.717) is 11.1 Å². The van der Waals surface area contributed by atoms with Crippen LogP contribution in [0.5, 0.6) is 0 Å². The summed E-state index contributed by atoms with van der Waals surface area (Å²) in [5.74, 6) is -0.155. The Morgan fingerprint density at radius 3 is 2.62 bits per heavy atom. The van der Waals surface area contributed by atoms with Gasteiger partial charge in [0.05, 0.1) is 5.75 Å². The fourth-order valence-corrected chi connectivity index (χ4v) is 2.48. The second-order valence-corrected chi connectivity index (χ2v) is 6.58. The molecule has 0 unspecified atom stereocenters. The summed E-state index contributed by atoms with van der Waals surface area (Å²) in [6.07, 6.45) is 0.252. The lowest BCUT2D eigenvalue weighted by Crippen LogP contribution is -2.00. The molecule has 0 aliphatic carbocycles. The van der Waals surface area contributed by atoms with Crippen molar-refractivity contribution in [1.82, 2.24) is 0 Å². The van der Waals surface area contributed by atoms with Crippen LogP contribution in [0.3, 0.4) is 0 Å². The Balaban J connectivity index is 2.40. The van der Waals surface area contributed by atoms with E-state index in [1.807, 2.05) is 18.2 Å². The summed E-state index contributed by atoms with van der Waals surface area (Å²) < 4.78 is 27.0. The van der Waals surface area contributed by atoms with Crippen molar-refractivity contribution >= 4 is 42.3 Å². The van der Waals surface area contributed by atoms with Crippen LogP contribution in [0.15, 0.2) is 28.7 Å². The summed E-state index contributed by atoms with van der Waals surface area (Å²) in [7, 11) is 1.64. The molecule has 2 rings (SSSR count). The zero-order valence-corrected chi connectivity index (χ0v) is 10.4. The van der Waals surface area contributed by atoms with Gasteiger partial charge in [0.1, 0.15) is 5.58 Å². The molecule has 0 amide bonds. The van der Waals surface area contributed by atoms with Gasteiger partial charge in [0.15, 0.2) is 5.22 Å². The molecule has 86 valence electrons. The third-order valence-electron chi connectivity index (χ3n) is 2.24. The Hall–Kier alpha value is -0.710. The van der Waals surface area contributed by atoms with E-state index in [0.717, 1.165) is 5.39 Å². The predicted octanol–water partition coefficient (Wildman–Crippen LogP) is 3.20. The number of hydrogen-bond donors (Lipinski definition) is 0. The molecule has 0 spiro atoms. The van der Waals surface area contributed by atoms with Gasteiger partial charge in [-0.2, -0.15) is 0 Å². The molecule has 1 aromatic carbocycles. The number of aryl methyl sites for hydroxylation is 1. The summed E-state index contributed by atoms with van der Waals surface area (Å²) in [6.45, 7) is 0. The van der Waals surface area contributed by atoms with Crippen LogP contribution in [0.25, 0.3) is 11.0 Å². The Labute approximate surface area is 102 Å². The lowest BCUT2D eigenvalue weighted by atomic mass is 10.1. The van der Waals surface area contributed by atoms with Gasteiger partial charge in [-0.15, -0.1) is 0 Å². The fraction of sp³-hybridized carbons (Fsp3) is 0.200. The standard InChI is InChI=1S/C10H8Cl2O3S/c11-10-8(5-6-16(12,13)14)7-3-1-2-4-9(7)15-10/h1-4H,5-6H2. The monoisotopic (exact) mass is 278 g/mol. The fourth-order valence-electron chi connectivity index (χ4n) is 1.53. The van der Waals surface area contributed by atoms with Crippen molar-refractivity contribution < 1.29 is 12.8 Å². The zero-order valence-electron chi connectivity index (χ0n) is 8.11. The molecule has 1 heterocycles. The van der Waals surface area contributed by atoms with E-state index in [1.54, 1.807) is 6.07 Å². The Morgan fingerprint density at radius 2 is 1.94 bits per heavy atom. The van der Waals surface area contributed by atoms with Crippen molar-refractivity contribution in [2.45, 2.75) is 6.42 Å². The van der Waals surface area contributed by atoms with Gasteiger partial charge in [0.25, 0.3) is 0 Å². The van der Waals surface area contributed by atoms with Gasteiger partial charge < -0.3 is 4.42 Å². The maximum Gasteiger partial charge on any atom is 0.232 e. The van der Waals surface area contributed by atoms with Crippen LogP contribution in [-0.4, -0.2) is 14.2 Å². The molecular formula is C10H8Cl2O3S. The predicted molar refractivity (Wildman–Crippen MR) is 64.6 cm³/mol. The molecule has 0 aliphatic rings. The minimum Gasteiger partial charge on any atom is -0.444 e. The van der Waals surface area contributed by atoms with Gasteiger partial charge in [-0.3, -0.25) is 0 Å². The smallest absolute Gasteiger partial charge is 0.232 e. The summed E-state index contributed by atoms with van der Waals surface area (Å²) in [5.41, 5.74) is 1.33. The third-order valence-corrected chi connectivity index (χ3v) is 3.70. The van der Waals surface area contributed by atoms with Crippen LogP contribution >= 0.6 is 22.3 Å². The first-order valence-corrected chi connectivity index (χ1v) is 7.41. The van der Waals surface area contributed by atoms with Crippen molar-refractivity contribution in [3.05, 3.63) is 35.0 Å². The first kappa shape index (κ1) is 11.8. The molecule has 0 N–H and O–H groups in total. The molecule has 0 aliphatic heterocycles. The van der Waals surface area contributed by atoms with Crippen LogP contribution in [0.4, 0.5) is 0 Å². The average Bonchev–Trinajstić information content (AvgIpc) is 2.49. The number of hydrogen-bond acceptors (Lipinski definition) is 3. The van der Waals surface area contributed by atoms with Crippen molar-refractivity contribution in [2.75, 3.05) is 5.75 Å². The molecule has 0 saturated heterocycles. The second kappa shape index (κ2) is 4.28. The van der Waals surface area contributed by atoms with Gasteiger partial charge in [0.2, 0.25) is 9.05 Å². The van der Waals surface area contributed by atoms with Crippen LogP contribution < -0.4 is 0 Å². The van der Waals surface area contributed by atoms with E-state index in [-0.39, 0.29) is 17.4 Å². The summed E-state index contributed by atoms with van der Waals surface area (Å²) >= 11 is 5.89. The lowest BCUT2D eigenvalue weighted by Gasteiger charge is -1.96. The summed E-state index contributed by atoms with van der Waals surface area (Å²) in [6, 6.07) is 7.28. The molecule has 0 atom stereocenters. The number of furan rings is 1. The SMILES string of the molecule is O=S(=O)(Cl)CCc1c(Cl)oc2ccccc12. The van der Waals surface area contributed by atoms with E-state index >= 15 is 0 Å². The maximum absolute atomic E-state index is 10.9. The molecule has 0 fully saturated rings. The number of rotatable bonds is 3. The molecule has 0 radical (unpaired) electrons. The van der Waals surface area contributed by atoms with Crippen molar-refractivity contribution in [3.8, 4) is 0 Å². The molecule has 6 heteroatoms. The molecular weight excluding hydrogens is 271 g/mol. The van der Waals surface area contributed by atoms with Gasteiger partial charge in [-0.05, 0) is 24.1 Å². The molecule has 2 aromatic rings. The minimum absolute atomic E-state index is 0.155. The zero-order chi connectivity index (χ0) is 11.8. The van der Waals surface area contributed by atoms with Gasteiger partial charge in [0, 0.05) is 21.6 Å². The highest BCUT2D eigenvalue weighted by atomic mass is 35.7. The molecule has 1 aromatic heterocycles.